The topological polar surface area (TPSA) is 119 Å². The third kappa shape index (κ3) is 5.18. The van der Waals surface area contributed by atoms with Crippen molar-refractivity contribution in [3.63, 3.8) is 0 Å². The van der Waals surface area contributed by atoms with Crippen LogP contribution in [0.2, 0.25) is 5.02 Å². The fourth-order valence-corrected chi connectivity index (χ4v) is 4.83. The second-order valence-electron chi connectivity index (χ2n) is 7.76. The summed E-state index contributed by atoms with van der Waals surface area (Å²) in [6.07, 6.45) is 5.46. The minimum Gasteiger partial charge on any atom is -0.326 e. The lowest BCUT2D eigenvalue weighted by molar-refractivity contribution is -0.115. The zero-order valence-corrected chi connectivity index (χ0v) is 18.9. The van der Waals surface area contributed by atoms with Crippen LogP contribution in [0.15, 0.2) is 59.8 Å². The predicted octanol–water partition coefficient (Wildman–Crippen LogP) is 2.96. The van der Waals surface area contributed by atoms with Gasteiger partial charge in [0.2, 0.25) is 15.9 Å². The number of hydrogen-bond acceptors (Lipinski definition) is 5. The van der Waals surface area contributed by atoms with Crippen LogP contribution in [-0.2, 0) is 21.2 Å². The molecule has 0 atom stereocenters. The second-order valence-corrected chi connectivity index (χ2v) is 9.70. The van der Waals surface area contributed by atoms with Gasteiger partial charge in [-0.25, -0.2) is 13.6 Å². The zero-order valence-electron chi connectivity index (χ0n) is 17.3. The van der Waals surface area contributed by atoms with E-state index in [1.807, 2.05) is 10.9 Å². The van der Waals surface area contributed by atoms with E-state index in [0.29, 0.717) is 27.4 Å². The van der Waals surface area contributed by atoms with E-state index in [2.05, 4.69) is 15.7 Å². The van der Waals surface area contributed by atoms with Crippen molar-refractivity contribution in [2.24, 2.45) is 5.14 Å². The molecule has 1 aliphatic rings. The van der Waals surface area contributed by atoms with E-state index in [-0.39, 0.29) is 23.3 Å². The van der Waals surface area contributed by atoms with E-state index in [1.165, 1.54) is 6.07 Å². The monoisotopic (exact) mass is 473 g/mol. The number of amides is 1. The molecule has 32 heavy (non-hydrogen) atoms. The van der Waals surface area contributed by atoms with Crippen LogP contribution in [0, 0.1) is 0 Å². The number of nitrogens with one attached hydrogen (secondary N) is 2. The van der Waals surface area contributed by atoms with Crippen molar-refractivity contribution in [1.29, 1.82) is 0 Å². The maximum Gasteiger partial charge on any atom is 0.238 e. The number of anilines is 1. The van der Waals surface area contributed by atoms with Crippen LogP contribution in [-0.4, -0.2) is 37.2 Å². The number of benzene rings is 2. The molecule has 2 heterocycles. The molecule has 4 rings (SSSR count). The molecule has 1 aromatic heterocycles. The summed E-state index contributed by atoms with van der Waals surface area (Å²) in [6.45, 7) is 1.84. The third-order valence-corrected chi connectivity index (χ3v) is 6.80. The molecule has 0 saturated carbocycles. The molecule has 8 nitrogen and oxygen atoms in total. The highest BCUT2D eigenvalue weighted by Crippen LogP contribution is 2.31. The Morgan fingerprint density at radius 3 is 2.69 bits per heavy atom. The van der Waals surface area contributed by atoms with Crippen LogP contribution >= 0.6 is 11.6 Å². The summed E-state index contributed by atoms with van der Waals surface area (Å²) >= 11 is 6.12. The van der Waals surface area contributed by atoms with Gasteiger partial charge < -0.3 is 10.6 Å². The molecule has 4 N–H and O–H groups in total. The lowest BCUT2D eigenvalue weighted by Gasteiger charge is -2.22. The second kappa shape index (κ2) is 9.41. The van der Waals surface area contributed by atoms with Crippen molar-refractivity contribution in [1.82, 2.24) is 15.1 Å². The van der Waals surface area contributed by atoms with Crippen molar-refractivity contribution in [2.75, 3.05) is 18.4 Å². The summed E-state index contributed by atoms with van der Waals surface area (Å²) in [4.78, 5) is 12.4. The minimum atomic E-state index is -4.04. The maximum atomic E-state index is 12.5. The number of rotatable bonds is 6. The lowest BCUT2D eigenvalue weighted by Crippen LogP contribution is -2.29. The van der Waals surface area contributed by atoms with Crippen LogP contribution < -0.4 is 15.8 Å². The Hall–Kier alpha value is -2.72. The van der Waals surface area contributed by atoms with E-state index in [0.717, 1.165) is 25.9 Å². The Morgan fingerprint density at radius 1 is 1.22 bits per heavy atom. The average molecular weight is 474 g/mol. The van der Waals surface area contributed by atoms with Crippen molar-refractivity contribution >= 4 is 33.2 Å². The first-order chi connectivity index (χ1) is 15.3. The standard InChI is InChI=1S/C22H24ClN5O3S/c23-20-4-2-1-3-15(20)11-22(29)27-17-5-6-19(21(12-17)32(24,30)31)16-13-26-28(14-16)18-7-9-25-10-8-18/h1-6,12-14,18,25H,7-11H2,(H,27,29)(H2,24,30,31). The largest absolute Gasteiger partial charge is 0.326 e. The molecule has 0 aliphatic carbocycles. The number of primary sulfonamides is 1. The van der Waals surface area contributed by atoms with Gasteiger partial charge in [0.15, 0.2) is 0 Å². The molecule has 1 fully saturated rings. The number of carbonyl (C=O) groups is 1. The van der Waals surface area contributed by atoms with Gasteiger partial charge in [-0.1, -0.05) is 35.9 Å². The molecular formula is C22H24ClN5O3S. The number of aromatic nitrogens is 2. The number of sulfonamides is 1. The van der Waals surface area contributed by atoms with Gasteiger partial charge in [-0.2, -0.15) is 5.10 Å². The molecule has 1 amide bonds. The summed E-state index contributed by atoms with van der Waals surface area (Å²) in [7, 11) is -4.04. The molecule has 0 spiro atoms. The number of hydrogen-bond donors (Lipinski definition) is 3. The van der Waals surface area contributed by atoms with Crippen LogP contribution in [0.25, 0.3) is 11.1 Å². The molecule has 0 unspecified atom stereocenters. The van der Waals surface area contributed by atoms with Gasteiger partial charge in [-0.05, 0) is 49.7 Å². The Morgan fingerprint density at radius 2 is 1.97 bits per heavy atom. The fraction of sp³-hybridized carbons (Fsp3) is 0.273. The average Bonchev–Trinajstić information content (AvgIpc) is 3.25. The number of carbonyl (C=O) groups excluding carboxylic acids is 1. The van der Waals surface area contributed by atoms with Gasteiger partial charge in [-0.3, -0.25) is 9.48 Å². The SMILES string of the molecule is NS(=O)(=O)c1cc(NC(=O)Cc2ccccc2Cl)ccc1-c1cnn(C2CCNCC2)c1. The first-order valence-electron chi connectivity index (χ1n) is 10.3. The minimum absolute atomic E-state index is 0.0646. The maximum absolute atomic E-state index is 12.5. The van der Waals surface area contributed by atoms with Gasteiger partial charge >= 0.3 is 0 Å². The number of nitrogens with two attached hydrogens (primary N) is 1. The fourth-order valence-electron chi connectivity index (χ4n) is 3.84. The van der Waals surface area contributed by atoms with Crippen LogP contribution in [0.5, 0.6) is 0 Å². The molecule has 168 valence electrons. The Labute approximate surface area is 191 Å². The number of piperidine rings is 1. The molecule has 1 aliphatic heterocycles. The Balaban J connectivity index is 1.58. The van der Waals surface area contributed by atoms with Crippen LogP contribution in [0.4, 0.5) is 5.69 Å². The highest BCUT2D eigenvalue weighted by atomic mass is 35.5. The highest BCUT2D eigenvalue weighted by molar-refractivity contribution is 7.89. The molecular weight excluding hydrogens is 450 g/mol. The van der Waals surface area contributed by atoms with Gasteiger partial charge in [0.1, 0.15) is 0 Å². The van der Waals surface area contributed by atoms with Gasteiger partial charge in [-0.15, -0.1) is 0 Å². The normalized spacial score (nSPS) is 14.9. The van der Waals surface area contributed by atoms with Crippen molar-refractivity contribution in [3.05, 3.63) is 65.4 Å². The van der Waals surface area contributed by atoms with E-state index in [4.69, 9.17) is 16.7 Å². The van der Waals surface area contributed by atoms with Crippen molar-refractivity contribution < 1.29 is 13.2 Å². The quantitative estimate of drug-likeness (QED) is 0.508. The number of nitrogens with zero attached hydrogens (tertiary/aromatic N) is 2. The Kier molecular flexibility index (Phi) is 6.61. The zero-order chi connectivity index (χ0) is 22.7. The highest BCUT2D eigenvalue weighted by Gasteiger charge is 2.21. The Bertz CT molecular complexity index is 1240. The number of halogens is 1. The van der Waals surface area contributed by atoms with Gasteiger partial charge in [0, 0.05) is 28.0 Å². The van der Waals surface area contributed by atoms with E-state index >= 15 is 0 Å². The molecule has 0 radical (unpaired) electrons. The molecule has 1 saturated heterocycles. The summed E-state index contributed by atoms with van der Waals surface area (Å²) in [6, 6.07) is 12.0. The summed E-state index contributed by atoms with van der Waals surface area (Å²) in [5, 5.41) is 16.5. The van der Waals surface area contributed by atoms with E-state index in [9.17, 15) is 13.2 Å². The third-order valence-electron chi connectivity index (χ3n) is 5.48. The van der Waals surface area contributed by atoms with Crippen LogP contribution in [0.3, 0.4) is 0 Å². The molecule has 3 aromatic rings. The lowest BCUT2D eigenvalue weighted by atomic mass is 10.1. The molecule has 0 bridgehead atoms. The molecule has 10 heteroatoms. The first-order valence-corrected chi connectivity index (χ1v) is 12.2. The molecule has 2 aromatic carbocycles. The van der Waals surface area contributed by atoms with Gasteiger partial charge in [0.05, 0.1) is 23.6 Å². The summed E-state index contributed by atoms with van der Waals surface area (Å²) in [5.41, 5.74) is 2.11. The van der Waals surface area contributed by atoms with E-state index in [1.54, 1.807) is 42.6 Å². The first kappa shape index (κ1) is 22.5. The van der Waals surface area contributed by atoms with Crippen molar-refractivity contribution in [2.45, 2.75) is 30.2 Å². The van der Waals surface area contributed by atoms with Crippen LogP contribution in [0.1, 0.15) is 24.4 Å². The van der Waals surface area contributed by atoms with Gasteiger partial charge in [0.25, 0.3) is 0 Å². The summed E-state index contributed by atoms with van der Waals surface area (Å²) in [5.74, 6) is -0.315. The van der Waals surface area contributed by atoms with E-state index < -0.39 is 10.0 Å². The smallest absolute Gasteiger partial charge is 0.238 e. The summed E-state index contributed by atoms with van der Waals surface area (Å²) < 4.78 is 26.5. The van der Waals surface area contributed by atoms with Crippen molar-refractivity contribution in [3.8, 4) is 11.1 Å². The predicted molar refractivity (Wildman–Crippen MR) is 124 cm³/mol.